The summed E-state index contributed by atoms with van der Waals surface area (Å²) in [5.74, 6) is 0. The van der Waals surface area contributed by atoms with Gasteiger partial charge in [-0.15, -0.1) is 0 Å². The van der Waals surface area contributed by atoms with E-state index in [-0.39, 0.29) is 6.03 Å². The molecule has 134 valence electrons. The topological polar surface area (TPSA) is 59.0 Å². The number of amides is 2. The van der Waals surface area contributed by atoms with Gasteiger partial charge in [-0.3, -0.25) is 4.68 Å². The third-order valence-electron chi connectivity index (χ3n) is 4.22. The number of carbonyl (C=O) groups excluding carboxylic acids is 1. The average Bonchev–Trinajstić information content (AvgIpc) is 3.18. The number of aromatic nitrogens is 2. The third kappa shape index (κ3) is 5.48. The predicted octanol–water partition coefficient (Wildman–Crippen LogP) is 3.36. The van der Waals surface area contributed by atoms with Crippen LogP contribution in [0.3, 0.4) is 0 Å². The Morgan fingerprint density at radius 2 is 1.69 bits per heavy atom. The minimum Gasteiger partial charge on any atom is -0.338 e. The Bertz CT molecular complexity index is 800. The van der Waals surface area contributed by atoms with Crippen molar-refractivity contribution in [1.29, 1.82) is 0 Å². The molecule has 0 unspecified atom stereocenters. The highest BCUT2D eigenvalue weighted by molar-refractivity contribution is 5.73. The summed E-state index contributed by atoms with van der Waals surface area (Å²) < 4.78 is 1.88. The smallest absolute Gasteiger partial charge is 0.315 e. The Labute approximate surface area is 154 Å². The minimum atomic E-state index is -0.132. The largest absolute Gasteiger partial charge is 0.338 e. The number of benzene rings is 2. The first kappa shape index (κ1) is 17.7. The highest BCUT2D eigenvalue weighted by Crippen LogP contribution is 2.10. The number of nitrogens with one attached hydrogen (secondary N) is 2. The summed E-state index contributed by atoms with van der Waals surface area (Å²) in [4.78, 5) is 12.0. The lowest BCUT2D eigenvalue weighted by atomic mass is 10.1. The number of urea groups is 1. The Balaban J connectivity index is 1.41. The molecule has 5 nitrogen and oxygen atoms in total. The van der Waals surface area contributed by atoms with Gasteiger partial charge in [-0.1, -0.05) is 54.6 Å². The number of nitrogens with zero attached hydrogens (tertiary/aromatic N) is 2. The Morgan fingerprint density at radius 3 is 2.46 bits per heavy atom. The molecule has 1 heterocycles. The van der Waals surface area contributed by atoms with Gasteiger partial charge in [-0.05, 0) is 35.6 Å². The fourth-order valence-electron chi connectivity index (χ4n) is 2.83. The van der Waals surface area contributed by atoms with Gasteiger partial charge in [0.05, 0.1) is 6.54 Å². The molecule has 0 radical (unpaired) electrons. The van der Waals surface area contributed by atoms with E-state index < -0.39 is 0 Å². The molecule has 26 heavy (non-hydrogen) atoms. The van der Waals surface area contributed by atoms with Crippen molar-refractivity contribution in [3.05, 3.63) is 89.7 Å². The first-order valence-electron chi connectivity index (χ1n) is 8.91. The molecule has 3 rings (SSSR count). The van der Waals surface area contributed by atoms with Gasteiger partial charge in [0.15, 0.2) is 0 Å². The summed E-state index contributed by atoms with van der Waals surface area (Å²) in [7, 11) is 0. The van der Waals surface area contributed by atoms with Crippen molar-refractivity contribution >= 4 is 6.03 Å². The lowest BCUT2D eigenvalue weighted by Gasteiger charge is -2.12. The van der Waals surface area contributed by atoms with Crippen molar-refractivity contribution in [3.63, 3.8) is 0 Å². The maximum atomic E-state index is 12.0. The van der Waals surface area contributed by atoms with Crippen LogP contribution in [0.2, 0.25) is 0 Å². The zero-order chi connectivity index (χ0) is 18.0. The van der Waals surface area contributed by atoms with Gasteiger partial charge in [0, 0.05) is 25.5 Å². The van der Waals surface area contributed by atoms with Crippen LogP contribution >= 0.6 is 0 Å². The van der Waals surface area contributed by atoms with Gasteiger partial charge in [0.25, 0.3) is 0 Å². The molecular formula is C21H24N4O. The highest BCUT2D eigenvalue weighted by Gasteiger charge is 2.05. The van der Waals surface area contributed by atoms with E-state index in [1.54, 1.807) is 6.20 Å². The Morgan fingerprint density at radius 1 is 0.923 bits per heavy atom. The van der Waals surface area contributed by atoms with Crippen molar-refractivity contribution in [2.75, 3.05) is 6.54 Å². The first-order chi connectivity index (χ1) is 12.8. The molecule has 0 fully saturated rings. The van der Waals surface area contributed by atoms with Crippen LogP contribution in [0, 0.1) is 0 Å². The molecule has 5 heteroatoms. The van der Waals surface area contributed by atoms with E-state index in [9.17, 15) is 4.79 Å². The number of carbonyl (C=O) groups is 1. The molecule has 0 atom stereocenters. The maximum absolute atomic E-state index is 12.0. The van der Waals surface area contributed by atoms with Crippen molar-refractivity contribution in [2.24, 2.45) is 0 Å². The summed E-state index contributed by atoms with van der Waals surface area (Å²) in [6, 6.07) is 20.2. The molecule has 0 saturated carbocycles. The number of rotatable bonds is 8. The molecule has 0 saturated heterocycles. The summed E-state index contributed by atoms with van der Waals surface area (Å²) in [5.41, 5.74) is 3.55. The van der Waals surface area contributed by atoms with Crippen molar-refractivity contribution in [3.8, 4) is 0 Å². The van der Waals surface area contributed by atoms with Crippen LogP contribution in [-0.4, -0.2) is 22.4 Å². The second kappa shape index (κ2) is 9.42. The van der Waals surface area contributed by atoms with Gasteiger partial charge in [-0.25, -0.2) is 4.79 Å². The van der Waals surface area contributed by atoms with Gasteiger partial charge >= 0.3 is 6.03 Å². The lowest BCUT2D eigenvalue weighted by molar-refractivity contribution is 0.240. The molecule has 3 aromatic rings. The standard InChI is InChI=1S/C21H24N4O/c26-21(22-13-6-10-18-8-2-1-3-9-18)23-16-19-11-4-5-12-20(19)17-25-15-7-14-24-25/h1-5,7-9,11-12,14-15H,6,10,13,16-17H2,(H2,22,23,26). The van der Waals surface area contributed by atoms with Crippen LogP contribution in [0.1, 0.15) is 23.1 Å². The highest BCUT2D eigenvalue weighted by atomic mass is 16.2. The summed E-state index contributed by atoms with van der Waals surface area (Å²) in [6.07, 6.45) is 5.59. The quantitative estimate of drug-likeness (QED) is 0.613. The van der Waals surface area contributed by atoms with E-state index in [0.717, 1.165) is 24.0 Å². The van der Waals surface area contributed by atoms with Crippen molar-refractivity contribution in [2.45, 2.75) is 25.9 Å². The molecule has 0 aliphatic rings. The summed E-state index contributed by atoms with van der Waals surface area (Å²) in [6.45, 7) is 1.86. The number of hydrogen-bond acceptors (Lipinski definition) is 2. The van der Waals surface area contributed by atoms with Gasteiger partial charge < -0.3 is 10.6 Å². The van der Waals surface area contributed by atoms with Crippen LogP contribution in [0.4, 0.5) is 4.79 Å². The fourth-order valence-corrected chi connectivity index (χ4v) is 2.83. The van der Waals surface area contributed by atoms with Crippen LogP contribution in [0.5, 0.6) is 0 Å². The number of aryl methyl sites for hydroxylation is 1. The molecule has 0 bridgehead atoms. The van der Waals surface area contributed by atoms with E-state index in [2.05, 4.69) is 33.9 Å². The van der Waals surface area contributed by atoms with Crippen LogP contribution in [-0.2, 0) is 19.5 Å². The second-order valence-corrected chi connectivity index (χ2v) is 6.17. The van der Waals surface area contributed by atoms with E-state index in [4.69, 9.17) is 0 Å². The molecule has 0 aliphatic heterocycles. The Hall–Kier alpha value is -3.08. The fraction of sp³-hybridized carbons (Fsp3) is 0.238. The third-order valence-corrected chi connectivity index (χ3v) is 4.22. The number of hydrogen-bond donors (Lipinski definition) is 2. The van der Waals surface area contributed by atoms with E-state index in [0.29, 0.717) is 19.6 Å². The van der Waals surface area contributed by atoms with Gasteiger partial charge in [0.2, 0.25) is 0 Å². The zero-order valence-electron chi connectivity index (χ0n) is 14.8. The van der Waals surface area contributed by atoms with E-state index in [1.807, 2.05) is 53.3 Å². The summed E-state index contributed by atoms with van der Waals surface area (Å²) in [5, 5.41) is 10.1. The molecular weight excluding hydrogens is 324 g/mol. The first-order valence-corrected chi connectivity index (χ1v) is 8.91. The lowest BCUT2D eigenvalue weighted by Crippen LogP contribution is -2.35. The van der Waals surface area contributed by atoms with Gasteiger partial charge in [0.1, 0.15) is 0 Å². The minimum absolute atomic E-state index is 0.132. The molecule has 1 aromatic heterocycles. The van der Waals surface area contributed by atoms with E-state index >= 15 is 0 Å². The molecule has 0 aliphatic carbocycles. The monoisotopic (exact) mass is 348 g/mol. The molecule has 2 amide bonds. The molecule has 2 aromatic carbocycles. The Kier molecular flexibility index (Phi) is 6.42. The van der Waals surface area contributed by atoms with Crippen molar-refractivity contribution in [1.82, 2.24) is 20.4 Å². The van der Waals surface area contributed by atoms with Crippen LogP contribution in [0.15, 0.2) is 73.1 Å². The average molecular weight is 348 g/mol. The van der Waals surface area contributed by atoms with E-state index in [1.165, 1.54) is 5.56 Å². The summed E-state index contributed by atoms with van der Waals surface area (Å²) >= 11 is 0. The predicted molar refractivity (Wildman–Crippen MR) is 103 cm³/mol. The van der Waals surface area contributed by atoms with Crippen molar-refractivity contribution < 1.29 is 4.79 Å². The maximum Gasteiger partial charge on any atom is 0.315 e. The van der Waals surface area contributed by atoms with Crippen LogP contribution in [0.25, 0.3) is 0 Å². The SMILES string of the molecule is O=C(NCCCc1ccccc1)NCc1ccccc1Cn1cccn1. The zero-order valence-corrected chi connectivity index (χ0v) is 14.8. The van der Waals surface area contributed by atoms with Crippen LogP contribution < -0.4 is 10.6 Å². The molecule has 2 N–H and O–H groups in total. The molecule has 0 spiro atoms. The normalized spacial score (nSPS) is 10.5. The second-order valence-electron chi connectivity index (χ2n) is 6.17. The van der Waals surface area contributed by atoms with Gasteiger partial charge in [-0.2, -0.15) is 5.10 Å².